The zero-order valence-electron chi connectivity index (χ0n) is 26.3. The first kappa shape index (κ1) is 27.4. The van der Waals surface area contributed by atoms with E-state index in [-0.39, 0.29) is 0 Å². The van der Waals surface area contributed by atoms with Crippen LogP contribution in [-0.2, 0) is 0 Å². The molecule has 0 fully saturated rings. The molecule has 0 radical (unpaired) electrons. The Hall–Kier alpha value is -6.72. The Balaban J connectivity index is 1.27. The maximum absolute atomic E-state index is 5.15. The van der Waals surface area contributed by atoms with Gasteiger partial charge in [0.25, 0.3) is 0 Å². The summed E-state index contributed by atoms with van der Waals surface area (Å²) in [6.07, 6.45) is 5.60. The molecule has 5 aromatic carbocycles. The Labute approximate surface area is 281 Å². The second-order valence-electron chi connectivity index (χ2n) is 12.4. The molecule has 0 bridgehead atoms. The number of aromatic nitrogens is 5. The number of benzene rings is 5. The minimum absolute atomic E-state index is 0.853. The Morgan fingerprint density at radius 2 is 1.14 bits per heavy atom. The summed E-state index contributed by atoms with van der Waals surface area (Å²) < 4.78 is 2.30. The first-order valence-corrected chi connectivity index (χ1v) is 16.4. The van der Waals surface area contributed by atoms with Gasteiger partial charge in [-0.2, -0.15) is 0 Å². The minimum atomic E-state index is 0.853. The fourth-order valence-corrected chi connectivity index (χ4v) is 7.15. The maximum Gasteiger partial charge on any atom is 0.137 e. The lowest BCUT2D eigenvalue weighted by Gasteiger charge is -2.12. The molecule has 0 saturated carbocycles. The lowest BCUT2D eigenvalue weighted by Crippen LogP contribution is -1.98. The molecule has 10 rings (SSSR count). The van der Waals surface area contributed by atoms with Crippen LogP contribution in [0.3, 0.4) is 0 Å². The van der Waals surface area contributed by atoms with Crippen LogP contribution in [0.1, 0.15) is 0 Å². The highest BCUT2D eigenvalue weighted by Gasteiger charge is 2.20. The zero-order chi connectivity index (χ0) is 32.3. The molecular weight excluding hydrogens is 599 g/mol. The van der Waals surface area contributed by atoms with Gasteiger partial charge in [0.1, 0.15) is 5.82 Å². The lowest BCUT2D eigenvalue weighted by molar-refractivity contribution is 1.08. The normalized spacial score (nSPS) is 11.7. The number of hydrogen-bond donors (Lipinski definition) is 0. The number of rotatable bonds is 4. The fourth-order valence-electron chi connectivity index (χ4n) is 7.15. The third-order valence-electron chi connectivity index (χ3n) is 9.51. The van der Waals surface area contributed by atoms with Gasteiger partial charge in [-0.25, -0.2) is 15.0 Å². The number of para-hydroxylation sites is 2. The van der Waals surface area contributed by atoms with Gasteiger partial charge < -0.3 is 0 Å². The summed E-state index contributed by atoms with van der Waals surface area (Å²) in [6, 6.07) is 51.0. The molecule has 0 aliphatic rings. The average Bonchev–Trinajstić information content (AvgIpc) is 3.51. The molecule has 5 heteroatoms. The molecular formula is C44H27N5. The van der Waals surface area contributed by atoms with Crippen molar-refractivity contribution in [2.24, 2.45) is 0 Å². The topological polar surface area (TPSA) is 56.5 Å². The first-order valence-electron chi connectivity index (χ1n) is 16.4. The highest BCUT2D eigenvalue weighted by Crippen LogP contribution is 2.42. The van der Waals surface area contributed by atoms with E-state index in [1.807, 2.05) is 36.7 Å². The van der Waals surface area contributed by atoms with E-state index in [1.54, 1.807) is 6.20 Å². The minimum Gasteiger partial charge on any atom is -0.293 e. The van der Waals surface area contributed by atoms with Crippen LogP contribution < -0.4 is 0 Å². The fraction of sp³-hybridized carbons (Fsp3) is 0. The third-order valence-corrected chi connectivity index (χ3v) is 9.51. The average molecular weight is 626 g/mol. The van der Waals surface area contributed by atoms with Gasteiger partial charge >= 0.3 is 0 Å². The predicted octanol–water partition coefficient (Wildman–Crippen LogP) is 10.8. The monoisotopic (exact) mass is 625 g/mol. The Morgan fingerprint density at radius 3 is 1.90 bits per heavy atom. The number of hydrogen-bond acceptors (Lipinski definition) is 4. The van der Waals surface area contributed by atoms with E-state index in [0.29, 0.717) is 0 Å². The van der Waals surface area contributed by atoms with Gasteiger partial charge in [-0.1, -0.05) is 84.9 Å². The summed E-state index contributed by atoms with van der Waals surface area (Å²) in [6.45, 7) is 0. The van der Waals surface area contributed by atoms with E-state index < -0.39 is 0 Å². The van der Waals surface area contributed by atoms with Crippen LogP contribution >= 0.6 is 0 Å². The smallest absolute Gasteiger partial charge is 0.137 e. The molecule has 0 spiro atoms. The molecule has 0 aliphatic heterocycles. The number of nitrogens with zero attached hydrogens (tertiary/aromatic N) is 5. The van der Waals surface area contributed by atoms with Gasteiger partial charge in [-0.05, 0) is 66.0 Å². The number of pyridine rings is 4. The van der Waals surface area contributed by atoms with Gasteiger partial charge in [0.05, 0.1) is 33.5 Å². The Morgan fingerprint density at radius 1 is 0.449 bits per heavy atom. The van der Waals surface area contributed by atoms with Crippen molar-refractivity contribution in [2.75, 3.05) is 0 Å². The van der Waals surface area contributed by atoms with Crippen LogP contribution in [0.4, 0.5) is 0 Å². The van der Waals surface area contributed by atoms with Crippen molar-refractivity contribution >= 4 is 54.4 Å². The van der Waals surface area contributed by atoms with Crippen molar-refractivity contribution < 1.29 is 0 Å². The van der Waals surface area contributed by atoms with Crippen LogP contribution in [0.2, 0.25) is 0 Å². The van der Waals surface area contributed by atoms with E-state index >= 15 is 0 Å². The summed E-state index contributed by atoms with van der Waals surface area (Å²) in [5.74, 6) is 0.853. The third kappa shape index (κ3) is 4.48. The van der Waals surface area contributed by atoms with E-state index in [4.69, 9.17) is 15.0 Å². The largest absolute Gasteiger partial charge is 0.293 e. The first-order chi connectivity index (χ1) is 24.3. The predicted molar refractivity (Wildman–Crippen MR) is 201 cm³/mol. The van der Waals surface area contributed by atoms with Crippen molar-refractivity contribution in [3.8, 4) is 39.5 Å². The molecule has 0 saturated heterocycles. The highest BCUT2D eigenvalue weighted by atomic mass is 15.1. The molecule has 5 aromatic heterocycles. The molecule has 0 N–H and O–H groups in total. The highest BCUT2D eigenvalue weighted by molar-refractivity contribution is 6.22. The molecule has 0 atom stereocenters. The van der Waals surface area contributed by atoms with Crippen LogP contribution in [0.5, 0.6) is 0 Å². The molecule has 0 aliphatic carbocycles. The van der Waals surface area contributed by atoms with Crippen molar-refractivity contribution in [1.82, 2.24) is 24.5 Å². The second kappa shape index (κ2) is 10.9. The second-order valence-corrected chi connectivity index (χ2v) is 12.4. The molecule has 5 nitrogen and oxygen atoms in total. The van der Waals surface area contributed by atoms with Crippen LogP contribution in [-0.4, -0.2) is 24.5 Å². The Bertz CT molecular complexity index is 2870. The van der Waals surface area contributed by atoms with Crippen LogP contribution in [0.25, 0.3) is 93.8 Å². The van der Waals surface area contributed by atoms with Gasteiger partial charge in [0, 0.05) is 67.8 Å². The van der Waals surface area contributed by atoms with E-state index in [1.165, 1.54) is 0 Å². The summed E-state index contributed by atoms with van der Waals surface area (Å²) in [7, 11) is 0. The van der Waals surface area contributed by atoms with Crippen molar-refractivity contribution in [3.63, 3.8) is 0 Å². The van der Waals surface area contributed by atoms with Crippen molar-refractivity contribution in [1.29, 1.82) is 0 Å². The number of fused-ring (bicyclic) bond motifs is 7. The summed E-state index contributed by atoms with van der Waals surface area (Å²) in [5.41, 5.74) is 10.3. The van der Waals surface area contributed by atoms with Crippen LogP contribution in [0.15, 0.2) is 164 Å². The van der Waals surface area contributed by atoms with Crippen molar-refractivity contribution in [3.05, 3.63) is 164 Å². The molecule has 10 aromatic rings. The molecule has 49 heavy (non-hydrogen) atoms. The summed E-state index contributed by atoms with van der Waals surface area (Å²) >= 11 is 0. The van der Waals surface area contributed by atoms with Crippen LogP contribution in [0, 0.1) is 0 Å². The lowest BCUT2D eigenvalue weighted by atomic mass is 9.97. The van der Waals surface area contributed by atoms with Gasteiger partial charge in [-0.15, -0.1) is 0 Å². The molecule has 0 unspecified atom stereocenters. The van der Waals surface area contributed by atoms with E-state index in [9.17, 15) is 0 Å². The molecule has 5 heterocycles. The van der Waals surface area contributed by atoms with Gasteiger partial charge in [0.2, 0.25) is 0 Å². The maximum atomic E-state index is 5.15. The summed E-state index contributed by atoms with van der Waals surface area (Å²) in [5, 5.41) is 6.81. The standard InChI is InChI=1S/C44H27N5/c1-5-13-38-28(8-1)15-19-40(47-38)30-17-21-42-36(24-30)37-25-35(41-20-16-29-9-2-6-14-39(29)48-41)33-11-3-4-12-34(33)44(37)49(42)43-22-18-32(27-46-43)31-10-7-23-45-26-31/h1-27H. The zero-order valence-corrected chi connectivity index (χ0v) is 26.3. The van der Waals surface area contributed by atoms with Crippen molar-refractivity contribution in [2.45, 2.75) is 0 Å². The molecule has 0 amide bonds. The summed E-state index contributed by atoms with van der Waals surface area (Å²) in [4.78, 5) is 19.5. The van der Waals surface area contributed by atoms with E-state index in [0.717, 1.165) is 93.8 Å². The van der Waals surface area contributed by atoms with Gasteiger partial charge in [-0.3, -0.25) is 9.55 Å². The van der Waals surface area contributed by atoms with Gasteiger partial charge in [0.15, 0.2) is 0 Å². The SMILES string of the molecule is c1cncc(-c2ccc(-n3c4ccc(-c5ccc6ccccc6n5)cc4c4cc(-c5ccc6ccccc6n5)c5ccccc5c43)nc2)c1. The van der Waals surface area contributed by atoms with E-state index in [2.05, 4.69) is 131 Å². The quantitative estimate of drug-likeness (QED) is 0.195. The molecule has 228 valence electrons. The Kier molecular flexibility index (Phi) is 6.11.